The molecule has 1 aliphatic rings. The minimum absolute atomic E-state index is 0.580. The second kappa shape index (κ2) is 3.45. The molecule has 0 amide bonds. The van der Waals surface area contributed by atoms with Gasteiger partial charge < -0.3 is 4.98 Å². The Morgan fingerprint density at radius 1 is 1.33 bits per heavy atom. The molecule has 2 aromatic rings. The fourth-order valence-electron chi connectivity index (χ4n) is 1.59. The Bertz CT molecular complexity index is 475. The van der Waals surface area contributed by atoms with E-state index in [2.05, 4.69) is 30.9 Å². The van der Waals surface area contributed by atoms with E-state index in [9.17, 15) is 0 Å². The molecule has 2 aromatic heterocycles. The minimum atomic E-state index is 0.580. The molecule has 0 bridgehead atoms. The van der Waals surface area contributed by atoms with Gasteiger partial charge in [-0.3, -0.25) is 0 Å². The summed E-state index contributed by atoms with van der Waals surface area (Å²) >= 11 is 3.43. The predicted octanol–water partition coefficient (Wildman–Crippen LogP) is 3.11. The zero-order valence-electron chi connectivity index (χ0n) is 8.07. The Labute approximate surface area is 96.1 Å². The van der Waals surface area contributed by atoms with Gasteiger partial charge in [0.15, 0.2) is 0 Å². The summed E-state index contributed by atoms with van der Waals surface area (Å²) in [6.45, 7) is 0. The van der Waals surface area contributed by atoms with Gasteiger partial charge in [-0.1, -0.05) is 0 Å². The largest absolute Gasteiger partial charge is 0.360 e. The van der Waals surface area contributed by atoms with Crippen LogP contribution in [0.3, 0.4) is 0 Å². The summed E-state index contributed by atoms with van der Waals surface area (Å²) in [6, 6.07) is 5.94. The number of hydrogen-bond donors (Lipinski definition) is 1. The highest BCUT2D eigenvalue weighted by Gasteiger charge is 2.27. The minimum Gasteiger partial charge on any atom is -0.360 e. The highest BCUT2D eigenvalue weighted by atomic mass is 79.9. The monoisotopic (exact) mass is 263 g/mol. The molecule has 3 rings (SSSR count). The number of rotatable bonds is 2. The molecule has 4 heteroatoms. The van der Waals surface area contributed by atoms with Crippen molar-refractivity contribution in [1.82, 2.24) is 15.0 Å². The van der Waals surface area contributed by atoms with E-state index in [-0.39, 0.29) is 0 Å². The van der Waals surface area contributed by atoms with Crippen LogP contribution in [0, 0.1) is 0 Å². The molecule has 0 aromatic carbocycles. The molecule has 1 aliphatic carbocycles. The number of halogens is 1. The zero-order valence-corrected chi connectivity index (χ0v) is 9.66. The molecular weight excluding hydrogens is 254 g/mol. The van der Waals surface area contributed by atoms with Crippen LogP contribution in [0.2, 0.25) is 0 Å². The van der Waals surface area contributed by atoms with Gasteiger partial charge in [0.1, 0.15) is 10.4 Å². The SMILES string of the molecule is Brc1cc(-c2ccc[nH]2)nc(C2CC2)n1. The summed E-state index contributed by atoms with van der Waals surface area (Å²) in [4.78, 5) is 12.1. The molecule has 1 fully saturated rings. The van der Waals surface area contributed by atoms with Gasteiger partial charge in [-0.25, -0.2) is 9.97 Å². The maximum absolute atomic E-state index is 4.57. The van der Waals surface area contributed by atoms with E-state index in [0.29, 0.717) is 5.92 Å². The molecule has 0 spiro atoms. The standard InChI is InChI=1S/C11H10BrN3/c12-10-6-9(8-2-1-5-13-8)14-11(15-10)7-3-4-7/h1-2,5-7,13H,3-4H2. The van der Waals surface area contributed by atoms with Crippen LogP contribution in [-0.4, -0.2) is 15.0 Å². The van der Waals surface area contributed by atoms with E-state index in [1.165, 1.54) is 12.8 Å². The van der Waals surface area contributed by atoms with Gasteiger partial charge in [-0.15, -0.1) is 0 Å². The predicted molar refractivity (Wildman–Crippen MR) is 61.5 cm³/mol. The average Bonchev–Trinajstić information content (AvgIpc) is 2.93. The third kappa shape index (κ3) is 1.81. The van der Waals surface area contributed by atoms with Crippen LogP contribution >= 0.6 is 15.9 Å². The summed E-state index contributed by atoms with van der Waals surface area (Å²) in [5.74, 6) is 1.55. The lowest BCUT2D eigenvalue weighted by molar-refractivity contribution is 0.917. The number of H-pyrrole nitrogens is 1. The number of nitrogens with zero attached hydrogens (tertiary/aromatic N) is 2. The topological polar surface area (TPSA) is 41.6 Å². The van der Waals surface area contributed by atoms with Crippen molar-refractivity contribution in [3.63, 3.8) is 0 Å². The fraction of sp³-hybridized carbons (Fsp3) is 0.273. The molecule has 0 radical (unpaired) electrons. The van der Waals surface area contributed by atoms with E-state index in [1.807, 2.05) is 24.4 Å². The Kier molecular flexibility index (Phi) is 2.09. The second-order valence-corrected chi connectivity index (χ2v) is 4.60. The highest BCUT2D eigenvalue weighted by Crippen LogP contribution is 2.39. The van der Waals surface area contributed by atoms with Gasteiger partial charge in [-0.2, -0.15) is 0 Å². The van der Waals surface area contributed by atoms with Crippen molar-refractivity contribution < 1.29 is 0 Å². The Balaban J connectivity index is 2.07. The lowest BCUT2D eigenvalue weighted by atomic mass is 10.3. The van der Waals surface area contributed by atoms with Crippen LogP contribution in [0.15, 0.2) is 29.0 Å². The van der Waals surface area contributed by atoms with Crippen LogP contribution in [0.25, 0.3) is 11.4 Å². The van der Waals surface area contributed by atoms with Gasteiger partial charge in [0.25, 0.3) is 0 Å². The molecule has 2 heterocycles. The molecule has 15 heavy (non-hydrogen) atoms. The molecular formula is C11H10BrN3. The maximum Gasteiger partial charge on any atom is 0.133 e. The number of aromatic nitrogens is 3. The third-order valence-electron chi connectivity index (χ3n) is 2.53. The van der Waals surface area contributed by atoms with E-state index >= 15 is 0 Å². The highest BCUT2D eigenvalue weighted by molar-refractivity contribution is 9.10. The van der Waals surface area contributed by atoms with Crippen molar-refractivity contribution in [2.24, 2.45) is 0 Å². The van der Waals surface area contributed by atoms with Crippen LogP contribution in [-0.2, 0) is 0 Å². The molecule has 76 valence electrons. The summed E-state index contributed by atoms with van der Waals surface area (Å²) in [6.07, 6.45) is 4.35. The summed E-state index contributed by atoms with van der Waals surface area (Å²) in [5, 5.41) is 0. The zero-order chi connectivity index (χ0) is 10.3. The van der Waals surface area contributed by atoms with E-state index in [0.717, 1.165) is 21.8 Å². The first-order valence-electron chi connectivity index (χ1n) is 5.01. The lowest BCUT2D eigenvalue weighted by Gasteiger charge is -2.02. The van der Waals surface area contributed by atoms with Crippen molar-refractivity contribution in [3.8, 4) is 11.4 Å². The van der Waals surface area contributed by atoms with E-state index in [4.69, 9.17) is 0 Å². The van der Waals surface area contributed by atoms with E-state index in [1.54, 1.807) is 0 Å². The summed E-state index contributed by atoms with van der Waals surface area (Å²) < 4.78 is 0.865. The molecule has 3 nitrogen and oxygen atoms in total. The first-order chi connectivity index (χ1) is 7.33. The van der Waals surface area contributed by atoms with Gasteiger partial charge >= 0.3 is 0 Å². The molecule has 0 atom stereocenters. The Morgan fingerprint density at radius 3 is 2.87 bits per heavy atom. The van der Waals surface area contributed by atoms with Crippen molar-refractivity contribution in [2.75, 3.05) is 0 Å². The van der Waals surface area contributed by atoms with Crippen molar-refractivity contribution >= 4 is 15.9 Å². The quantitative estimate of drug-likeness (QED) is 0.847. The van der Waals surface area contributed by atoms with Crippen LogP contribution in [0.1, 0.15) is 24.6 Å². The van der Waals surface area contributed by atoms with Crippen molar-refractivity contribution in [1.29, 1.82) is 0 Å². The fourth-order valence-corrected chi connectivity index (χ4v) is 1.99. The first-order valence-corrected chi connectivity index (χ1v) is 5.80. The van der Waals surface area contributed by atoms with E-state index < -0.39 is 0 Å². The molecule has 1 N–H and O–H groups in total. The van der Waals surface area contributed by atoms with Crippen LogP contribution in [0.5, 0.6) is 0 Å². The lowest BCUT2D eigenvalue weighted by Crippen LogP contribution is -1.95. The first kappa shape index (κ1) is 9.09. The average molecular weight is 264 g/mol. The van der Waals surface area contributed by atoms with Gasteiger partial charge in [0.2, 0.25) is 0 Å². The van der Waals surface area contributed by atoms with Crippen molar-refractivity contribution in [3.05, 3.63) is 34.8 Å². The molecule has 0 saturated heterocycles. The number of aromatic amines is 1. The smallest absolute Gasteiger partial charge is 0.133 e. The summed E-state index contributed by atoms with van der Waals surface area (Å²) in [7, 11) is 0. The third-order valence-corrected chi connectivity index (χ3v) is 2.93. The molecule has 1 saturated carbocycles. The van der Waals surface area contributed by atoms with Crippen molar-refractivity contribution in [2.45, 2.75) is 18.8 Å². The Hall–Kier alpha value is -1.16. The van der Waals surface area contributed by atoms with Gasteiger partial charge in [-0.05, 0) is 47.0 Å². The molecule has 0 unspecified atom stereocenters. The number of nitrogens with one attached hydrogen (secondary N) is 1. The Morgan fingerprint density at radius 2 is 2.20 bits per heavy atom. The summed E-state index contributed by atoms with van der Waals surface area (Å²) in [5.41, 5.74) is 2.00. The van der Waals surface area contributed by atoms with Gasteiger partial charge in [0.05, 0.1) is 11.4 Å². The maximum atomic E-state index is 4.57. The van der Waals surface area contributed by atoms with Gasteiger partial charge in [0, 0.05) is 12.1 Å². The normalized spacial score (nSPS) is 15.5. The molecule has 0 aliphatic heterocycles. The number of hydrogen-bond acceptors (Lipinski definition) is 2. The van der Waals surface area contributed by atoms with Crippen LogP contribution in [0.4, 0.5) is 0 Å². The van der Waals surface area contributed by atoms with Crippen LogP contribution < -0.4 is 0 Å². The second-order valence-electron chi connectivity index (χ2n) is 3.79.